The highest BCUT2D eigenvalue weighted by Gasteiger charge is 2.13. The van der Waals surface area contributed by atoms with E-state index in [0.29, 0.717) is 11.6 Å². The zero-order valence-electron chi connectivity index (χ0n) is 12.6. The van der Waals surface area contributed by atoms with E-state index in [-0.39, 0.29) is 10.6 Å². The lowest BCUT2D eigenvalue weighted by Gasteiger charge is -2.21. The van der Waals surface area contributed by atoms with Crippen LogP contribution < -0.4 is 10.2 Å². The highest BCUT2D eigenvalue weighted by molar-refractivity contribution is 5.55. The van der Waals surface area contributed by atoms with Crippen LogP contribution in [0.25, 0.3) is 0 Å². The Morgan fingerprint density at radius 1 is 1.30 bits per heavy atom. The highest BCUT2D eigenvalue weighted by Crippen LogP contribution is 2.22. The quantitative estimate of drug-likeness (QED) is 0.578. The van der Waals surface area contributed by atoms with E-state index in [1.165, 1.54) is 12.1 Å². The summed E-state index contributed by atoms with van der Waals surface area (Å²) in [6.07, 6.45) is 0.941. The van der Waals surface area contributed by atoms with E-state index < -0.39 is 0 Å². The molecule has 1 aromatic heterocycles. The number of hydrogen-bond acceptors (Lipinski definition) is 6. The fraction of sp³-hybridized carbons (Fsp3) is 0.615. The van der Waals surface area contributed by atoms with Crippen LogP contribution in [-0.4, -0.2) is 55.6 Å². The Morgan fingerprint density at radius 3 is 2.55 bits per heavy atom. The molecule has 0 aliphatic rings. The van der Waals surface area contributed by atoms with Crippen molar-refractivity contribution in [2.45, 2.75) is 13.3 Å². The van der Waals surface area contributed by atoms with Gasteiger partial charge in [0, 0.05) is 26.7 Å². The molecule has 0 atom stereocenters. The maximum atomic E-state index is 11.0. The number of aromatic nitrogens is 1. The molecule has 0 aliphatic heterocycles. The van der Waals surface area contributed by atoms with Crippen molar-refractivity contribution in [1.29, 1.82) is 0 Å². The van der Waals surface area contributed by atoms with E-state index in [2.05, 4.69) is 15.2 Å². The van der Waals surface area contributed by atoms with Crippen molar-refractivity contribution < 1.29 is 4.92 Å². The first kappa shape index (κ1) is 16.2. The third-order valence-electron chi connectivity index (χ3n) is 2.84. The van der Waals surface area contributed by atoms with Crippen LogP contribution in [0.3, 0.4) is 0 Å². The molecular weight excluding hydrogens is 258 g/mol. The van der Waals surface area contributed by atoms with Gasteiger partial charge in [0.15, 0.2) is 0 Å². The number of hydrogen-bond donors (Lipinski definition) is 1. The molecule has 7 nitrogen and oxygen atoms in total. The van der Waals surface area contributed by atoms with Gasteiger partial charge in [-0.15, -0.1) is 0 Å². The lowest BCUT2D eigenvalue weighted by Crippen LogP contribution is -2.29. The molecule has 0 aromatic carbocycles. The van der Waals surface area contributed by atoms with Crippen molar-refractivity contribution in [3.8, 4) is 0 Å². The molecule has 1 heterocycles. The summed E-state index contributed by atoms with van der Waals surface area (Å²) in [5, 5.41) is 14.1. The number of nitro groups is 1. The molecule has 0 bridgehead atoms. The normalized spacial score (nSPS) is 10.7. The Labute approximate surface area is 119 Å². The number of likely N-dealkylation sites (N-methyl/N-ethyl adjacent to an activating group) is 2. The van der Waals surface area contributed by atoms with E-state index in [0.717, 1.165) is 26.1 Å². The van der Waals surface area contributed by atoms with Crippen LogP contribution in [0.2, 0.25) is 0 Å². The molecule has 1 rings (SSSR count). The molecule has 0 unspecified atom stereocenters. The maximum Gasteiger partial charge on any atom is 0.276 e. The van der Waals surface area contributed by atoms with Crippen molar-refractivity contribution in [3.63, 3.8) is 0 Å². The first-order valence-electron chi connectivity index (χ1n) is 6.70. The fourth-order valence-electron chi connectivity index (χ4n) is 1.61. The molecule has 0 radical (unpaired) electrons. The number of rotatable bonds is 8. The lowest BCUT2D eigenvalue weighted by atomic mass is 10.3. The van der Waals surface area contributed by atoms with Gasteiger partial charge in [-0.05, 0) is 20.5 Å². The summed E-state index contributed by atoms with van der Waals surface area (Å²) in [5.41, 5.74) is 0.0605. The second-order valence-electron chi connectivity index (χ2n) is 4.98. The minimum absolute atomic E-state index is 0.0605. The topological polar surface area (TPSA) is 74.5 Å². The van der Waals surface area contributed by atoms with E-state index >= 15 is 0 Å². The molecule has 0 aliphatic carbocycles. The van der Waals surface area contributed by atoms with Crippen molar-refractivity contribution >= 4 is 17.3 Å². The van der Waals surface area contributed by atoms with Gasteiger partial charge in [0.1, 0.15) is 11.6 Å². The molecule has 0 fully saturated rings. The predicted octanol–water partition coefficient (Wildman–Crippen LogP) is 1.81. The Kier molecular flexibility index (Phi) is 6.17. The van der Waals surface area contributed by atoms with E-state index in [1.54, 1.807) is 0 Å². The van der Waals surface area contributed by atoms with Crippen LogP contribution >= 0.6 is 0 Å². The van der Waals surface area contributed by atoms with Gasteiger partial charge in [0.25, 0.3) is 5.69 Å². The Hall–Kier alpha value is -1.89. The van der Waals surface area contributed by atoms with Gasteiger partial charge in [0.2, 0.25) is 0 Å². The SMILES string of the molecule is CCCNc1cc([N+](=O)[O-])cc(N(C)CCN(C)C)n1. The van der Waals surface area contributed by atoms with Gasteiger partial charge in [0.05, 0.1) is 17.1 Å². The molecule has 112 valence electrons. The smallest absolute Gasteiger partial charge is 0.276 e. The minimum atomic E-state index is -0.387. The van der Waals surface area contributed by atoms with Gasteiger partial charge in [-0.2, -0.15) is 0 Å². The maximum absolute atomic E-state index is 11.0. The Morgan fingerprint density at radius 2 is 2.00 bits per heavy atom. The molecule has 20 heavy (non-hydrogen) atoms. The molecule has 0 amide bonds. The van der Waals surface area contributed by atoms with Gasteiger partial charge in [-0.1, -0.05) is 6.92 Å². The third kappa shape index (κ3) is 5.00. The van der Waals surface area contributed by atoms with Crippen LogP contribution in [0.15, 0.2) is 12.1 Å². The van der Waals surface area contributed by atoms with Crippen molar-refractivity contribution in [2.24, 2.45) is 0 Å². The molecule has 1 N–H and O–H groups in total. The summed E-state index contributed by atoms with van der Waals surface area (Å²) in [5.74, 6) is 1.16. The molecular formula is C13H23N5O2. The summed E-state index contributed by atoms with van der Waals surface area (Å²) >= 11 is 0. The summed E-state index contributed by atoms with van der Waals surface area (Å²) < 4.78 is 0. The van der Waals surface area contributed by atoms with Crippen LogP contribution in [-0.2, 0) is 0 Å². The number of nitrogens with one attached hydrogen (secondary N) is 1. The average molecular weight is 281 g/mol. The van der Waals surface area contributed by atoms with Crippen LogP contribution in [0.1, 0.15) is 13.3 Å². The number of pyridine rings is 1. The number of nitrogens with zero attached hydrogens (tertiary/aromatic N) is 4. The zero-order valence-corrected chi connectivity index (χ0v) is 12.6. The summed E-state index contributed by atoms with van der Waals surface area (Å²) in [6, 6.07) is 2.98. The molecule has 1 aromatic rings. The lowest BCUT2D eigenvalue weighted by molar-refractivity contribution is -0.384. The van der Waals surface area contributed by atoms with Gasteiger partial charge in [-0.25, -0.2) is 4.98 Å². The minimum Gasteiger partial charge on any atom is -0.370 e. The highest BCUT2D eigenvalue weighted by atomic mass is 16.6. The molecule has 0 saturated heterocycles. The van der Waals surface area contributed by atoms with E-state index in [9.17, 15) is 10.1 Å². The monoisotopic (exact) mass is 281 g/mol. The second-order valence-corrected chi connectivity index (χ2v) is 4.98. The molecule has 7 heteroatoms. The first-order valence-corrected chi connectivity index (χ1v) is 6.70. The zero-order chi connectivity index (χ0) is 15.1. The third-order valence-corrected chi connectivity index (χ3v) is 2.84. The fourth-order valence-corrected chi connectivity index (χ4v) is 1.61. The van der Waals surface area contributed by atoms with E-state index in [1.807, 2.05) is 33.0 Å². The van der Waals surface area contributed by atoms with Gasteiger partial charge in [-0.3, -0.25) is 10.1 Å². The Bertz CT molecular complexity index is 450. The van der Waals surface area contributed by atoms with Crippen LogP contribution in [0.4, 0.5) is 17.3 Å². The Balaban J connectivity index is 2.92. The molecule has 0 saturated carbocycles. The summed E-state index contributed by atoms with van der Waals surface area (Å²) in [7, 11) is 5.87. The van der Waals surface area contributed by atoms with Crippen molar-refractivity contribution in [2.75, 3.05) is 51.0 Å². The second kappa shape index (κ2) is 7.64. The predicted molar refractivity (Wildman–Crippen MR) is 81.5 cm³/mol. The van der Waals surface area contributed by atoms with Gasteiger partial charge < -0.3 is 15.1 Å². The first-order chi connectivity index (χ1) is 9.43. The van der Waals surface area contributed by atoms with Crippen molar-refractivity contribution in [3.05, 3.63) is 22.2 Å². The van der Waals surface area contributed by atoms with Crippen LogP contribution in [0, 0.1) is 10.1 Å². The van der Waals surface area contributed by atoms with E-state index in [4.69, 9.17) is 0 Å². The largest absolute Gasteiger partial charge is 0.370 e. The average Bonchev–Trinajstić information content (AvgIpc) is 2.41. The molecule has 0 spiro atoms. The van der Waals surface area contributed by atoms with Gasteiger partial charge >= 0.3 is 0 Å². The van der Waals surface area contributed by atoms with Crippen molar-refractivity contribution in [1.82, 2.24) is 9.88 Å². The summed E-state index contributed by atoms with van der Waals surface area (Å²) in [4.78, 5) is 19.0. The number of anilines is 2. The summed E-state index contributed by atoms with van der Waals surface area (Å²) in [6.45, 7) is 4.40. The van der Waals surface area contributed by atoms with Crippen LogP contribution in [0.5, 0.6) is 0 Å². The standard InChI is InChI=1S/C13H23N5O2/c1-5-6-14-12-9-11(18(19)20)10-13(15-12)17(4)8-7-16(2)3/h9-10H,5-8H2,1-4H3,(H,14,15).